The van der Waals surface area contributed by atoms with E-state index in [0.29, 0.717) is 24.1 Å². The fourth-order valence-electron chi connectivity index (χ4n) is 3.86. The minimum atomic E-state index is -1.13. The highest BCUT2D eigenvalue weighted by molar-refractivity contribution is 6.00. The number of hydrogen-bond acceptors (Lipinski definition) is 4. The molecule has 7 heteroatoms. The smallest absolute Gasteiger partial charge is 0.329 e. The van der Waals surface area contributed by atoms with E-state index < -0.39 is 11.5 Å². The van der Waals surface area contributed by atoms with Gasteiger partial charge in [-0.05, 0) is 39.7 Å². The molecular formula is C19H26N4O3. The first-order valence-corrected chi connectivity index (χ1v) is 9.14. The number of carboxylic acids is 1. The average molecular weight is 358 g/mol. The van der Waals surface area contributed by atoms with Gasteiger partial charge in [0.25, 0.3) is 5.91 Å². The van der Waals surface area contributed by atoms with Gasteiger partial charge in [0.05, 0.1) is 17.5 Å². The SMILES string of the molecule is Cc1nc2c(cnn2C(C)C)cc1C(=O)N(C)C1(C(=O)O)CCCCC1. The van der Waals surface area contributed by atoms with Crippen LogP contribution in [0.2, 0.25) is 0 Å². The van der Waals surface area contributed by atoms with Gasteiger partial charge < -0.3 is 10.0 Å². The molecule has 2 aromatic rings. The number of carbonyl (C=O) groups excluding carboxylic acids is 1. The maximum atomic E-state index is 13.2. The van der Waals surface area contributed by atoms with Crippen LogP contribution in [0.3, 0.4) is 0 Å². The minimum absolute atomic E-state index is 0.168. The van der Waals surface area contributed by atoms with Gasteiger partial charge in [0, 0.05) is 18.5 Å². The molecule has 1 fully saturated rings. The highest BCUT2D eigenvalue weighted by atomic mass is 16.4. The molecule has 3 rings (SSSR count). The molecule has 140 valence electrons. The zero-order valence-electron chi connectivity index (χ0n) is 15.8. The van der Waals surface area contributed by atoms with Crippen molar-refractivity contribution in [3.8, 4) is 0 Å². The first-order valence-electron chi connectivity index (χ1n) is 9.14. The van der Waals surface area contributed by atoms with Crippen LogP contribution >= 0.6 is 0 Å². The highest BCUT2D eigenvalue weighted by Gasteiger charge is 2.45. The number of aliphatic carboxylic acids is 1. The second-order valence-electron chi connectivity index (χ2n) is 7.48. The largest absolute Gasteiger partial charge is 0.479 e. The number of aryl methyl sites for hydroxylation is 1. The lowest BCUT2D eigenvalue weighted by molar-refractivity contribution is -0.151. The number of hydrogen-bond donors (Lipinski definition) is 1. The number of amides is 1. The van der Waals surface area contributed by atoms with Gasteiger partial charge in [0.2, 0.25) is 0 Å². The van der Waals surface area contributed by atoms with Gasteiger partial charge in [0.1, 0.15) is 5.54 Å². The molecule has 1 aliphatic carbocycles. The maximum absolute atomic E-state index is 13.2. The number of pyridine rings is 1. The Labute approximate surface area is 153 Å². The van der Waals surface area contributed by atoms with Crippen LogP contribution in [0.4, 0.5) is 0 Å². The lowest BCUT2D eigenvalue weighted by Crippen LogP contribution is -2.56. The van der Waals surface area contributed by atoms with Crippen molar-refractivity contribution in [1.82, 2.24) is 19.7 Å². The Kier molecular flexibility index (Phi) is 4.73. The number of rotatable bonds is 4. The molecule has 0 spiro atoms. The fraction of sp³-hybridized carbons (Fsp3) is 0.579. The second kappa shape index (κ2) is 6.70. The molecule has 0 atom stereocenters. The summed E-state index contributed by atoms with van der Waals surface area (Å²) in [5.74, 6) is -1.22. The number of nitrogens with zero attached hydrogens (tertiary/aromatic N) is 4. The Morgan fingerprint density at radius 1 is 1.27 bits per heavy atom. The molecule has 1 amide bonds. The van der Waals surface area contributed by atoms with Crippen molar-refractivity contribution in [2.24, 2.45) is 0 Å². The summed E-state index contributed by atoms with van der Waals surface area (Å²) in [6.07, 6.45) is 5.34. The summed E-state index contributed by atoms with van der Waals surface area (Å²) in [6.45, 7) is 5.83. The average Bonchev–Trinajstić information content (AvgIpc) is 3.03. The van der Waals surface area contributed by atoms with Gasteiger partial charge in [-0.25, -0.2) is 14.5 Å². The summed E-state index contributed by atoms with van der Waals surface area (Å²) in [6, 6.07) is 1.95. The summed E-state index contributed by atoms with van der Waals surface area (Å²) < 4.78 is 1.82. The molecule has 1 aliphatic rings. The van der Waals surface area contributed by atoms with Crippen molar-refractivity contribution in [2.75, 3.05) is 7.05 Å². The van der Waals surface area contributed by atoms with E-state index in [4.69, 9.17) is 0 Å². The van der Waals surface area contributed by atoms with Gasteiger partial charge in [0.15, 0.2) is 5.65 Å². The third-order valence-electron chi connectivity index (χ3n) is 5.50. The van der Waals surface area contributed by atoms with Gasteiger partial charge in [-0.3, -0.25) is 4.79 Å². The minimum Gasteiger partial charge on any atom is -0.479 e. The predicted octanol–water partition coefficient (Wildman–Crippen LogP) is 3.18. The number of aromatic nitrogens is 3. The van der Waals surface area contributed by atoms with Crippen molar-refractivity contribution >= 4 is 22.9 Å². The Morgan fingerprint density at radius 2 is 1.92 bits per heavy atom. The molecule has 0 radical (unpaired) electrons. The van der Waals surface area contributed by atoms with E-state index in [1.54, 1.807) is 26.2 Å². The van der Waals surface area contributed by atoms with Crippen LogP contribution in [-0.4, -0.2) is 49.2 Å². The van der Waals surface area contributed by atoms with E-state index in [2.05, 4.69) is 10.1 Å². The van der Waals surface area contributed by atoms with Gasteiger partial charge >= 0.3 is 5.97 Å². The zero-order chi connectivity index (χ0) is 19.1. The Hall–Kier alpha value is -2.44. The maximum Gasteiger partial charge on any atom is 0.329 e. The van der Waals surface area contributed by atoms with Gasteiger partial charge in [-0.1, -0.05) is 19.3 Å². The summed E-state index contributed by atoms with van der Waals surface area (Å²) >= 11 is 0. The van der Waals surface area contributed by atoms with Crippen LogP contribution in [-0.2, 0) is 4.79 Å². The van der Waals surface area contributed by atoms with Crippen LogP contribution in [0, 0.1) is 6.92 Å². The normalized spacial score (nSPS) is 16.8. The first-order chi connectivity index (χ1) is 12.3. The van der Waals surface area contributed by atoms with E-state index in [-0.39, 0.29) is 11.9 Å². The number of fused-ring (bicyclic) bond motifs is 1. The highest BCUT2D eigenvalue weighted by Crippen LogP contribution is 2.34. The topological polar surface area (TPSA) is 88.3 Å². The molecule has 2 heterocycles. The molecule has 0 bridgehead atoms. The lowest BCUT2D eigenvalue weighted by atomic mass is 9.80. The molecule has 2 aromatic heterocycles. The summed E-state index contributed by atoms with van der Waals surface area (Å²) in [4.78, 5) is 31.2. The number of carbonyl (C=O) groups is 2. The molecule has 1 N–H and O–H groups in total. The lowest BCUT2D eigenvalue weighted by Gasteiger charge is -2.41. The van der Waals surface area contributed by atoms with Crippen LogP contribution in [0.25, 0.3) is 11.0 Å². The van der Waals surface area contributed by atoms with Crippen molar-refractivity contribution < 1.29 is 14.7 Å². The summed E-state index contributed by atoms with van der Waals surface area (Å²) in [5, 5.41) is 15.0. The fourth-order valence-corrected chi connectivity index (χ4v) is 3.86. The molecule has 7 nitrogen and oxygen atoms in total. The monoisotopic (exact) mass is 358 g/mol. The van der Waals surface area contributed by atoms with Crippen molar-refractivity contribution in [2.45, 2.75) is 64.5 Å². The molecule has 26 heavy (non-hydrogen) atoms. The van der Waals surface area contributed by atoms with Crippen LogP contribution in [0.15, 0.2) is 12.3 Å². The van der Waals surface area contributed by atoms with Crippen LogP contribution in [0.1, 0.15) is 68.0 Å². The summed E-state index contributed by atoms with van der Waals surface area (Å²) in [5.41, 5.74) is 0.642. The van der Waals surface area contributed by atoms with Gasteiger partial charge in [-0.2, -0.15) is 5.10 Å². The zero-order valence-corrected chi connectivity index (χ0v) is 15.8. The molecule has 0 unspecified atom stereocenters. The number of likely N-dealkylation sites (N-methyl/N-ethyl adjacent to an activating group) is 1. The quantitative estimate of drug-likeness (QED) is 0.907. The van der Waals surface area contributed by atoms with E-state index >= 15 is 0 Å². The molecule has 1 saturated carbocycles. The predicted molar refractivity (Wildman–Crippen MR) is 98.2 cm³/mol. The Balaban J connectivity index is 2.01. The van der Waals surface area contributed by atoms with Gasteiger partial charge in [-0.15, -0.1) is 0 Å². The Morgan fingerprint density at radius 3 is 2.50 bits per heavy atom. The van der Waals surface area contributed by atoms with Crippen molar-refractivity contribution in [1.29, 1.82) is 0 Å². The third-order valence-corrected chi connectivity index (χ3v) is 5.50. The summed E-state index contributed by atoms with van der Waals surface area (Å²) in [7, 11) is 1.60. The van der Waals surface area contributed by atoms with Crippen LogP contribution in [0.5, 0.6) is 0 Å². The van der Waals surface area contributed by atoms with E-state index in [1.807, 2.05) is 18.5 Å². The van der Waals surface area contributed by atoms with Crippen LogP contribution < -0.4 is 0 Å². The molecule has 0 aromatic carbocycles. The second-order valence-corrected chi connectivity index (χ2v) is 7.48. The molecule has 0 saturated heterocycles. The molecule has 0 aliphatic heterocycles. The number of carboxylic acid groups (broad SMARTS) is 1. The molecular weight excluding hydrogens is 332 g/mol. The van der Waals surface area contributed by atoms with Crippen molar-refractivity contribution in [3.63, 3.8) is 0 Å². The van der Waals surface area contributed by atoms with E-state index in [1.165, 1.54) is 4.90 Å². The van der Waals surface area contributed by atoms with Crippen molar-refractivity contribution in [3.05, 3.63) is 23.5 Å². The van der Waals surface area contributed by atoms with E-state index in [0.717, 1.165) is 30.3 Å². The van der Waals surface area contributed by atoms with E-state index in [9.17, 15) is 14.7 Å². The third kappa shape index (κ3) is 2.85. The Bertz CT molecular complexity index is 850. The standard InChI is InChI=1S/C19H26N4O3/c1-12(2)23-16-14(11-20-23)10-15(13(3)21-16)17(24)22(4)19(18(25)26)8-6-5-7-9-19/h10-12H,5-9H2,1-4H3,(H,25,26). The first kappa shape index (κ1) is 18.4.